The zero-order valence-corrected chi connectivity index (χ0v) is 32.5. The van der Waals surface area contributed by atoms with Gasteiger partial charge in [-0.05, 0) is 74.5 Å². The molecule has 0 spiro atoms. The largest absolute Gasteiger partial charge is 0.479 e. The third-order valence-corrected chi connectivity index (χ3v) is 11.0. The number of aryl methyl sites for hydroxylation is 1. The van der Waals surface area contributed by atoms with E-state index in [9.17, 15) is 41.1 Å². The molecule has 3 aromatic carbocycles. The molecule has 1 saturated heterocycles. The van der Waals surface area contributed by atoms with Gasteiger partial charge in [0, 0.05) is 48.4 Å². The van der Waals surface area contributed by atoms with Crippen LogP contribution in [-0.4, -0.2) is 97.1 Å². The van der Waals surface area contributed by atoms with Gasteiger partial charge >= 0.3 is 18.1 Å². The number of carboxylic acid groups (broad SMARTS) is 2. The number of piperidine rings is 1. The molecule has 1 aliphatic rings. The smallest absolute Gasteiger partial charge is 0.416 e. The number of benzene rings is 3. The number of nitrogens with zero attached hydrogens (tertiary/aromatic N) is 3. The molecule has 1 aromatic heterocycles. The molecule has 4 aromatic rings. The van der Waals surface area contributed by atoms with Gasteiger partial charge in [-0.2, -0.15) is 13.2 Å². The fourth-order valence-corrected chi connectivity index (χ4v) is 7.64. The first-order valence-electron chi connectivity index (χ1n) is 18.7. The highest BCUT2D eigenvalue weighted by atomic mass is 32.2. The quantitative estimate of drug-likeness (QED) is 0.0582. The molecule has 0 bridgehead atoms. The number of alkyl halides is 3. The summed E-state index contributed by atoms with van der Waals surface area (Å²) in [6.45, 7) is 5.36. The number of carboxylic acids is 2. The van der Waals surface area contributed by atoms with Crippen LogP contribution in [0.15, 0.2) is 82.6 Å². The van der Waals surface area contributed by atoms with Crippen molar-refractivity contribution in [3.8, 4) is 0 Å². The summed E-state index contributed by atoms with van der Waals surface area (Å²) >= 11 is 1.19. The van der Waals surface area contributed by atoms with Gasteiger partial charge in [0.2, 0.25) is 5.91 Å². The van der Waals surface area contributed by atoms with Crippen LogP contribution in [0.4, 0.5) is 22.0 Å². The van der Waals surface area contributed by atoms with E-state index in [-0.39, 0.29) is 35.2 Å². The standard InChI is InChI=1S/C37H40F5N3O2S.C4H6O6/c1-2-43-21-18-29(19-22-43)44(20-7-3-4-9-26-14-16-28(17-15-26)37(40,41)42)34(47)24-45-32-13-6-5-11-30(32)33(46)23-35(45)48-25-27-10-8-12-31(38)36(27)39;5-1(3(7)8)2(6)4(9)10/h5-6,8,10-17,23,29H,2-4,7,9,18-22,24-25H2,1H3;1-2,5-6H,(H,7,8)(H,9,10). The molecule has 11 nitrogen and oxygen atoms in total. The Morgan fingerprint density at radius 1 is 0.879 bits per heavy atom. The van der Waals surface area contributed by atoms with E-state index in [0.717, 1.165) is 75.5 Å². The summed E-state index contributed by atoms with van der Waals surface area (Å²) < 4.78 is 68.9. The minimum Gasteiger partial charge on any atom is -0.479 e. The molecule has 1 fully saturated rings. The zero-order chi connectivity index (χ0) is 42.6. The van der Waals surface area contributed by atoms with Crippen molar-refractivity contribution < 1.29 is 56.8 Å². The summed E-state index contributed by atoms with van der Waals surface area (Å²) in [4.78, 5) is 51.1. The van der Waals surface area contributed by atoms with E-state index < -0.39 is 47.5 Å². The van der Waals surface area contributed by atoms with Crippen LogP contribution in [0.5, 0.6) is 0 Å². The molecule has 4 N–H and O–H groups in total. The van der Waals surface area contributed by atoms with E-state index in [1.807, 2.05) is 4.90 Å². The summed E-state index contributed by atoms with van der Waals surface area (Å²) in [7, 11) is 0. The van der Waals surface area contributed by atoms with Crippen molar-refractivity contribution in [3.63, 3.8) is 0 Å². The number of amides is 1. The van der Waals surface area contributed by atoms with Crippen LogP contribution < -0.4 is 5.43 Å². The molecule has 314 valence electrons. The molecule has 0 radical (unpaired) electrons. The second kappa shape index (κ2) is 21.2. The molecule has 0 aliphatic carbocycles. The van der Waals surface area contributed by atoms with Crippen LogP contribution in [0.25, 0.3) is 10.9 Å². The SMILES string of the molecule is CCN1CCC(N(CCCCCc2ccc(C(F)(F)F)cc2)C(=O)Cn2c(SCc3cccc(F)c3F)cc(=O)c3ccccc32)CC1.O=C(O)C(O)C(O)C(=O)O. The van der Waals surface area contributed by atoms with Crippen LogP contribution in [0.1, 0.15) is 55.7 Å². The van der Waals surface area contributed by atoms with E-state index >= 15 is 0 Å². The van der Waals surface area contributed by atoms with E-state index in [2.05, 4.69) is 11.8 Å². The average molecular weight is 836 g/mol. The Balaban J connectivity index is 0.000000657. The number of pyridine rings is 1. The Kier molecular flexibility index (Phi) is 16.8. The monoisotopic (exact) mass is 835 g/mol. The van der Waals surface area contributed by atoms with Crippen LogP contribution in [0.3, 0.4) is 0 Å². The minimum absolute atomic E-state index is 0.0195. The van der Waals surface area contributed by atoms with Crippen molar-refractivity contribution in [1.29, 1.82) is 0 Å². The Labute approximate surface area is 335 Å². The fraction of sp³-hybridized carbons (Fsp3) is 0.415. The number of carbonyl (C=O) groups is 3. The predicted molar refractivity (Wildman–Crippen MR) is 207 cm³/mol. The lowest BCUT2D eigenvalue weighted by molar-refractivity contribution is -0.165. The predicted octanol–water partition coefficient (Wildman–Crippen LogP) is 6.19. The third-order valence-electron chi connectivity index (χ3n) is 9.90. The van der Waals surface area contributed by atoms with Crippen LogP contribution >= 0.6 is 11.8 Å². The topological polar surface area (TPSA) is 161 Å². The zero-order valence-electron chi connectivity index (χ0n) is 31.7. The fourth-order valence-electron chi connectivity index (χ4n) is 6.60. The van der Waals surface area contributed by atoms with Gasteiger partial charge in [0.25, 0.3) is 0 Å². The van der Waals surface area contributed by atoms with Gasteiger partial charge in [-0.3, -0.25) is 9.59 Å². The first-order chi connectivity index (χ1) is 27.5. The number of fused-ring (bicyclic) bond motifs is 1. The Morgan fingerprint density at radius 3 is 2.12 bits per heavy atom. The van der Waals surface area contributed by atoms with Gasteiger partial charge in [-0.15, -0.1) is 11.8 Å². The molecule has 1 amide bonds. The lowest BCUT2D eigenvalue weighted by atomic mass is 10.0. The summed E-state index contributed by atoms with van der Waals surface area (Å²) in [6.07, 6.45) is -4.23. The highest BCUT2D eigenvalue weighted by molar-refractivity contribution is 7.98. The maximum atomic E-state index is 14.5. The number of aromatic nitrogens is 1. The van der Waals surface area contributed by atoms with Crippen molar-refractivity contribution in [3.05, 3.63) is 111 Å². The van der Waals surface area contributed by atoms with Crippen molar-refractivity contribution >= 4 is 40.5 Å². The van der Waals surface area contributed by atoms with Crippen molar-refractivity contribution in [2.45, 2.75) is 87.2 Å². The first kappa shape index (κ1) is 45.9. The molecule has 2 atom stereocenters. The molecule has 5 rings (SSSR count). The van der Waals surface area contributed by atoms with Crippen molar-refractivity contribution in [2.75, 3.05) is 26.2 Å². The number of para-hydroxylation sites is 1. The maximum absolute atomic E-state index is 14.5. The number of thioether (sulfide) groups is 1. The molecule has 0 saturated carbocycles. The normalized spacial score (nSPS) is 14.7. The summed E-state index contributed by atoms with van der Waals surface area (Å²) in [5.74, 6) is -5.42. The van der Waals surface area contributed by atoms with Crippen LogP contribution in [0, 0.1) is 11.6 Å². The van der Waals surface area contributed by atoms with Gasteiger partial charge in [-0.1, -0.05) is 49.7 Å². The second-order valence-electron chi connectivity index (χ2n) is 13.8. The number of carbonyl (C=O) groups excluding carboxylic acids is 1. The summed E-state index contributed by atoms with van der Waals surface area (Å²) in [5.41, 5.74) is 0.731. The Hall–Kier alpha value is -4.84. The molecule has 58 heavy (non-hydrogen) atoms. The highest BCUT2D eigenvalue weighted by Gasteiger charge is 2.31. The third kappa shape index (κ3) is 12.6. The van der Waals surface area contributed by atoms with Crippen molar-refractivity contribution in [2.24, 2.45) is 0 Å². The van der Waals surface area contributed by atoms with Crippen LogP contribution in [0.2, 0.25) is 0 Å². The number of likely N-dealkylation sites (tertiary alicyclic amines) is 1. The van der Waals surface area contributed by atoms with Crippen LogP contribution in [-0.2, 0) is 39.3 Å². The first-order valence-corrected chi connectivity index (χ1v) is 19.7. The number of aliphatic hydroxyl groups excluding tert-OH is 2. The molecule has 17 heteroatoms. The van der Waals surface area contributed by atoms with Crippen molar-refractivity contribution in [1.82, 2.24) is 14.4 Å². The van der Waals surface area contributed by atoms with Gasteiger partial charge in [0.05, 0.1) is 16.1 Å². The molecule has 1 aliphatic heterocycles. The molecular weight excluding hydrogens is 790 g/mol. The summed E-state index contributed by atoms with van der Waals surface area (Å²) in [6, 6.07) is 17.9. The number of hydrogen-bond donors (Lipinski definition) is 4. The summed E-state index contributed by atoms with van der Waals surface area (Å²) in [5, 5.41) is 33.5. The number of aliphatic carboxylic acids is 2. The van der Waals surface area contributed by atoms with E-state index in [1.54, 1.807) is 28.8 Å². The average Bonchev–Trinajstić information content (AvgIpc) is 3.20. The number of rotatable bonds is 16. The Morgan fingerprint density at radius 2 is 1.52 bits per heavy atom. The molecule has 2 heterocycles. The van der Waals surface area contributed by atoms with E-state index in [0.29, 0.717) is 28.9 Å². The number of halogens is 5. The molecular formula is C41H46F5N3O8S. The maximum Gasteiger partial charge on any atom is 0.416 e. The van der Waals surface area contributed by atoms with Gasteiger partial charge in [0.1, 0.15) is 6.54 Å². The van der Waals surface area contributed by atoms with Gasteiger partial charge in [0.15, 0.2) is 29.3 Å². The highest BCUT2D eigenvalue weighted by Crippen LogP contribution is 2.30. The lowest BCUT2D eigenvalue weighted by Gasteiger charge is -2.38. The second-order valence-corrected chi connectivity index (χ2v) is 14.8. The number of unbranched alkanes of at least 4 members (excludes halogenated alkanes) is 2. The number of hydrogen-bond acceptors (Lipinski definition) is 8. The number of aliphatic hydroxyl groups is 2. The van der Waals surface area contributed by atoms with Gasteiger partial charge < -0.3 is 34.8 Å². The lowest BCUT2D eigenvalue weighted by Crippen LogP contribution is -2.48. The van der Waals surface area contributed by atoms with E-state index in [4.69, 9.17) is 20.4 Å². The van der Waals surface area contributed by atoms with E-state index in [1.165, 1.54) is 42.1 Å². The Bertz CT molecular complexity index is 2060. The van der Waals surface area contributed by atoms with Gasteiger partial charge in [-0.25, -0.2) is 18.4 Å². The minimum atomic E-state index is -4.36. The molecule has 2 unspecified atom stereocenters.